The van der Waals surface area contributed by atoms with Crippen LogP contribution >= 0.6 is 0 Å². The van der Waals surface area contributed by atoms with Crippen LogP contribution in [-0.4, -0.2) is 58.8 Å². The van der Waals surface area contributed by atoms with Crippen molar-refractivity contribution in [1.29, 1.82) is 0 Å². The number of hydrogen-bond acceptors (Lipinski definition) is 4. The number of nitrogens with zero attached hydrogens (tertiary/aromatic N) is 3. The number of carbonyl (C=O) groups is 2. The van der Waals surface area contributed by atoms with Crippen molar-refractivity contribution in [2.75, 3.05) is 26.2 Å². The van der Waals surface area contributed by atoms with Gasteiger partial charge in [0.05, 0.1) is 5.56 Å². The highest BCUT2D eigenvalue weighted by Gasteiger charge is 2.24. The van der Waals surface area contributed by atoms with E-state index in [1.165, 1.54) is 18.3 Å². The second kappa shape index (κ2) is 10.2. The normalized spacial score (nSPS) is 21.9. The van der Waals surface area contributed by atoms with Crippen LogP contribution in [0.5, 0.6) is 0 Å². The predicted molar refractivity (Wildman–Crippen MR) is 121 cm³/mol. The SMILES string of the molecule is CC1CCC(NC(=O)c2ccc(C(=O)N3CCN(Cc4ccc(F)cc4)CC3)cn2)CC1. The third-order valence-electron chi connectivity index (χ3n) is 6.57. The first kappa shape index (κ1) is 22.4. The van der Waals surface area contributed by atoms with E-state index in [-0.39, 0.29) is 23.7 Å². The summed E-state index contributed by atoms with van der Waals surface area (Å²) in [4.78, 5) is 33.7. The van der Waals surface area contributed by atoms with Gasteiger partial charge in [0.25, 0.3) is 11.8 Å². The molecule has 2 heterocycles. The van der Waals surface area contributed by atoms with Gasteiger partial charge in [0, 0.05) is 45.0 Å². The van der Waals surface area contributed by atoms with Gasteiger partial charge in [0.1, 0.15) is 11.5 Å². The number of rotatable bonds is 5. The molecule has 2 fully saturated rings. The van der Waals surface area contributed by atoms with Gasteiger partial charge in [-0.05, 0) is 61.4 Å². The Labute approximate surface area is 188 Å². The van der Waals surface area contributed by atoms with E-state index in [0.717, 1.165) is 56.8 Å². The summed E-state index contributed by atoms with van der Waals surface area (Å²) >= 11 is 0. The lowest BCUT2D eigenvalue weighted by Crippen LogP contribution is -2.48. The van der Waals surface area contributed by atoms with Crippen LogP contribution < -0.4 is 5.32 Å². The lowest BCUT2D eigenvalue weighted by atomic mass is 9.87. The van der Waals surface area contributed by atoms with E-state index in [1.54, 1.807) is 24.3 Å². The molecule has 0 spiro atoms. The molecule has 2 aromatic rings. The first-order chi connectivity index (χ1) is 15.5. The number of nitrogens with one attached hydrogen (secondary N) is 1. The Bertz CT molecular complexity index is 916. The monoisotopic (exact) mass is 438 g/mol. The summed E-state index contributed by atoms with van der Waals surface area (Å²) in [6.45, 7) is 5.77. The summed E-state index contributed by atoms with van der Waals surface area (Å²) in [5, 5.41) is 3.07. The summed E-state index contributed by atoms with van der Waals surface area (Å²) < 4.78 is 13.1. The van der Waals surface area contributed by atoms with Gasteiger partial charge in [-0.3, -0.25) is 19.5 Å². The number of piperazine rings is 1. The van der Waals surface area contributed by atoms with Crippen LogP contribution in [0, 0.1) is 11.7 Å². The van der Waals surface area contributed by atoms with Gasteiger partial charge in [0.2, 0.25) is 0 Å². The molecule has 170 valence electrons. The van der Waals surface area contributed by atoms with Crippen molar-refractivity contribution in [2.45, 2.75) is 45.2 Å². The Balaban J connectivity index is 1.26. The van der Waals surface area contributed by atoms with E-state index >= 15 is 0 Å². The Morgan fingerprint density at radius 1 is 1.00 bits per heavy atom. The molecule has 0 atom stereocenters. The van der Waals surface area contributed by atoms with Crippen LogP contribution in [0.15, 0.2) is 42.6 Å². The van der Waals surface area contributed by atoms with Gasteiger partial charge in [0.15, 0.2) is 0 Å². The van der Waals surface area contributed by atoms with Gasteiger partial charge in [-0.1, -0.05) is 19.1 Å². The summed E-state index contributed by atoms with van der Waals surface area (Å²) in [5.41, 5.74) is 1.91. The average molecular weight is 439 g/mol. The first-order valence-corrected chi connectivity index (χ1v) is 11.5. The van der Waals surface area contributed by atoms with Crippen molar-refractivity contribution in [2.24, 2.45) is 5.92 Å². The standard InChI is InChI=1S/C25H31FN4O2/c1-18-2-9-22(10-3-18)28-24(31)23-11-6-20(16-27-23)25(32)30-14-12-29(13-15-30)17-19-4-7-21(26)8-5-19/h4-8,11,16,18,22H,2-3,9-10,12-15,17H2,1H3,(H,28,31). The highest BCUT2D eigenvalue weighted by atomic mass is 19.1. The van der Waals surface area contributed by atoms with Crippen LogP contribution in [0.4, 0.5) is 4.39 Å². The van der Waals surface area contributed by atoms with Gasteiger partial charge < -0.3 is 10.2 Å². The van der Waals surface area contributed by atoms with Crippen LogP contribution in [0.1, 0.15) is 59.0 Å². The minimum absolute atomic E-state index is 0.0628. The zero-order valence-corrected chi connectivity index (χ0v) is 18.6. The van der Waals surface area contributed by atoms with Gasteiger partial charge in [-0.15, -0.1) is 0 Å². The van der Waals surface area contributed by atoms with Crippen LogP contribution in [0.25, 0.3) is 0 Å². The lowest BCUT2D eigenvalue weighted by Gasteiger charge is -2.34. The number of halogens is 1. The second-order valence-electron chi connectivity index (χ2n) is 9.06. The van der Waals surface area contributed by atoms with E-state index in [0.29, 0.717) is 24.3 Å². The summed E-state index contributed by atoms with van der Waals surface area (Å²) in [6, 6.07) is 10.1. The number of amides is 2. The maximum absolute atomic E-state index is 13.1. The summed E-state index contributed by atoms with van der Waals surface area (Å²) in [5.74, 6) is 0.270. The van der Waals surface area contributed by atoms with Crippen molar-refractivity contribution in [3.8, 4) is 0 Å². The fourth-order valence-corrected chi connectivity index (χ4v) is 4.46. The molecule has 2 aliphatic rings. The third kappa shape index (κ3) is 5.71. The molecule has 1 aromatic heterocycles. The van der Waals surface area contributed by atoms with E-state index < -0.39 is 0 Å². The molecule has 2 amide bonds. The number of carbonyl (C=O) groups excluding carboxylic acids is 2. The van der Waals surface area contributed by atoms with E-state index in [9.17, 15) is 14.0 Å². The Kier molecular flexibility index (Phi) is 7.15. The molecule has 1 saturated heterocycles. The molecule has 32 heavy (non-hydrogen) atoms. The van der Waals surface area contributed by atoms with Crippen molar-refractivity contribution in [3.63, 3.8) is 0 Å². The zero-order chi connectivity index (χ0) is 22.5. The second-order valence-corrected chi connectivity index (χ2v) is 9.06. The van der Waals surface area contributed by atoms with E-state index in [4.69, 9.17) is 0 Å². The predicted octanol–water partition coefficient (Wildman–Crippen LogP) is 3.49. The number of pyridine rings is 1. The molecule has 7 heteroatoms. The molecule has 1 aliphatic heterocycles. The maximum Gasteiger partial charge on any atom is 0.270 e. The van der Waals surface area contributed by atoms with Gasteiger partial charge in [-0.2, -0.15) is 0 Å². The summed E-state index contributed by atoms with van der Waals surface area (Å²) in [7, 11) is 0. The Hall–Kier alpha value is -2.80. The molecule has 0 unspecified atom stereocenters. The molecular formula is C25H31FN4O2. The fourth-order valence-electron chi connectivity index (χ4n) is 4.46. The molecular weight excluding hydrogens is 407 g/mol. The molecule has 1 N–H and O–H groups in total. The number of aromatic nitrogens is 1. The van der Waals surface area contributed by atoms with Crippen LogP contribution in [0.2, 0.25) is 0 Å². The van der Waals surface area contributed by atoms with Crippen LogP contribution in [-0.2, 0) is 6.54 Å². The quantitative estimate of drug-likeness (QED) is 0.776. The third-order valence-corrected chi connectivity index (χ3v) is 6.57. The summed E-state index contributed by atoms with van der Waals surface area (Å²) in [6.07, 6.45) is 5.81. The topological polar surface area (TPSA) is 65.5 Å². The van der Waals surface area contributed by atoms with Gasteiger partial charge >= 0.3 is 0 Å². The minimum atomic E-state index is -0.232. The lowest BCUT2D eigenvalue weighted by molar-refractivity contribution is 0.0627. The molecule has 0 bridgehead atoms. The maximum atomic E-state index is 13.1. The highest BCUT2D eigenvalue weighted by molar-refractivity contribution is 5.96. The minimum Gasteiger partial charge on any atom is -0.348 e. The largest absolute Gasteiger partial charge is 0.348 e. The van der Waals surface area contributed by atoms with E-state index in [1.807, 2.05) is 4.90 Å². The first-order valence-electron chi connectivity index (χ1n) is 11.5. The molecule has 6 nitrogen and oxygen atoms in total. The highest BCUT2D eigenvalue weighted by Crippen LogP contribution is 2.23. The van der Waals surface area contributed by atoms with Crippen molar-refractivity contribution < 1.29 is 14.0 Å². The Morgan fingerprint density at radius 2 is 1.69 bits per heavy atom. The average Bonchev–Trinajstić information content (AvgIpc) is 2.82. The number of hydrogen-bond donors (Lipinski definition) is 1. The molecule has 0 radical (unpaired) electrons. The van der Waals surface area contributed by atoms with Crippen molar-refractivity contribution >= 4 is 11.8 Å². The van der Waals surface area contributed by atoms with Crippen LogP contribution in [0.3, 0.4) is 0 Å². The van der Waals surface area contributed by atoms with Crippen molar-refractivity contribution in [1.82, 2.24) is 20.1 Å². The van der Waals surface area contributed by atoms with Gasteiger partial charge in [-0.25, -0.2) is 4.39 Å². The van der Waals surface area contributed by atoms with Crippen molar-refractivity contribution in [3.05, 3.63) is 65.2 Å². The Morgan fingerprint density at radius 3 is 2.31 bits per heavy atom. The fraction of sp³-hybridized carbons (Fsp3) is 0.480. The van der Waals surface area contributed by atoms with E-state index in [2.05, 4.69) is 22.1 Å². The smallest absolute Gasteiger partial charge is 0.270 e. The zero-order valence-electron chi connectivity index (χ0n) is 18.6. The molecule has 4 rings (SSSR count). The number of benzene rings is 1. The molecule has 1 aromatic carbocycles. The molecule has 1 aliphatic carbocycles. The molecule has 1 saturated carbocycles.